The Bertz CT molecular complexity index is 395. The summed E-state index contributed by atoms with van der Waals surface area (Å²) in [5.74, 6) is 7.44. The number of hydrogen-bond acceptors (Lipinski definition) is 6. The molecular weight excluding hydrogens is 242 g/mol. The Morgan fingerprint density at radius 3 is 2.47 bits per heavy atom. The van der Waals surface area contributed by atoms with Gasteiger partial charge in [-0.05, 0) is 19.8 Å². The second-order valence-electron chi connectivity index (χ2n) is 5.04. The molecule has 0 bridgehead atoms. The second-order valence-corrected chi connectivity index (χ2v) is 5.04. The standard InChI is InChI=1S/C13H25N5O/c1-9(2)11-12(17-14)15-8-16-13(11)18(10(3)4)6-7-19-5/h8-10H,6-7,14H2,1-5H3,(H,15,16,17). The van der Waals surface area contributed by atoms with Crippen molar-refractivity contribution in [3.63, 3.8) is 0 Å². The van der Waals surface area contributed by atoms with E-state index in [9.17, 15) is 0 Å². The molecule has 3 N–H and O–H groups in total. The van der Waals surface area contributed by atoms with Crippen LogP contribution in [0.2, 0.25) is 0 Å². The molecule has 1 rings (SSSR count). The van der Waals surface area contributed by atoms with Crippen LogP contribution in [0.25, 0.3) is 0 Å². The number of hydrogen-bond donors (Lipinski definition) is 2. The average Bonchev–Trinajstić information content (AvgIpc) is 2.38. The van der Waals surface area contributed by atoms with Crippen LogP contribution in [0.5, 0.6) is 0 Å². The Morgan fingerprint density at radius 2 is 2.00 bits per heavy atom. The Hall–Kier alpha value is -1.40. The first-order valence-electron chi connectivity index (χ1n) is 6.60. The number of nitrogen functional groups attached to an aromatic ring is 1. The molecule has 0 amide bonds. The van der Waals surface area contributed by atoms with Gasteiger partial charge in [0.2, 0.25) is 0 Å². The van der Waals surface area contributed by atoms with Crippen molar-refractivity contribution in [3.8, 4) is 0 Å². The number of nitrogens with two attached hydrogens (primary N) is 1. The van der Waals surface area contributed by atoms with Gasteiger partial charge in [0.1, 0.15) is 18.0 Å². The van der Waals surface area contributed by atoms with E-state index in [1.807, 2.05) is 0 Å². The van der Waals surface area contributed by atoms with Crippen molar-refractivity contribution in [2.45, 2.75) is 39.7 Å². The molecule has 0 aliphatic carbocycles. The van der Waals surface area contributed by atoms with E-state index in [1.165, 1.54) is 0 Å². The van der Waals surface area contributed by atoms with E-state index >= 15 is 0 Å². The quantitative estimate of drug-likeness (QED) is 0.579. The van der Waals surface area contributed by atoms with Gasteiger partial charge >= 0.3 is 0 Å². The molecule has 0 atom stereocenters. The molecular formula is C13H25N5O. The molecule has 1 heterocycles. The van der Waals surface area contributed by atoms with Gasteiger partial charge in [-0.1, -0.05) is 13.8 Å². The molecule has 6 heteroatoms. The number of aromatic nitrogens is 2. The largest absolute Gasteiger partial charge is 0.383 e. The Morgan fingerprint density at radius 1 is 1.32 bits per heavy atom. The molecule has 1 aromatic heterocycles. The van der Waals surface area contributed by atoms with Crippen molar-refractivity contribution >= 4 is 11.6 Å². The van der Waals surface area contributed by atoms with Gasteiger partial charge in [0.15, 0.2) is 0 Å². The summed E-state index contributed by atoms with van der Waals surface area (Å²) < 4.78 is 5.18. The van der Waals surface area contributed by atoms with Crippen LogP contribution in [-0.4, -0.2) is 36.3 Å². The molecule has 19 heavy (non-hydrogen) atoms. The number of hydrazine groups is 1. The normalized spacial score (nSPS) is 11.2. The third-order valence-electron chi connectivity index (χ3n) is 3.01. The van der Waals surface area contributed by atoms with Gasteiger partial charge in [-0.3, -0.25) is 0 Å². The highest BCUT2D eigenvalue weighted by Gasteiger charge is 2.21. The van der Waals surface area contributed by atoms with Gasteiger partial charge in [-0.15, -0.1) is 0 Å². The first-order chi connectivity index (χ1) is 9.02. The molecule has 0 aliphatic rings. The third kappa shape index (κ3) is 3.78. The fourth-order valence-electron chi connectivity index (χ4n) is 2.06. The maximum atomic E-state index is 5.55. The lowest BCUT2D eigenvalue weighted by Gasteiger charge is -2.30. The summed E-state index contributed by atoms with van der Waals surface area (Å²) in [5, 5.41) is 0. The maximum Gasteiger partial charge on any atom is 0.148 e. The molecule has 108 valence electrons. The zero-order chi connectivity index (χ0) is 14.4. The number of rotatable bonds is 7. The van der Waals surface area contributed by atoms with Crippen molar-refractivity contribution < 1.29 is 4.74 Å². The predicted molar refractivity (Wildman–Crippen MR) is 78.3 cm³/mol. The lowest BCUT2D eigenvalue weighted by molar-refractivity contribution is 0.203. The van der Waals surface area contributed by atoms with E-state index < -0.39 is 0 Å². The predicted octanol–water partition coefficient (Wildman–Crippen LogP) is 1.75. The summed E-state index contributed by atoms with van der Waals surface area (Å²) in [6.45, 7) is 9.94. The first-order valence-corrected chi connectivity index (χ1v) is 6.60. The van der Waals surface area contributed by atoms with Crippen molar-refractivity contribution in [2.75, 3.05) is 30.6 Å². The fraction of sp³-hybridized carbons (Fsp3) is 0.692. The minimum atomic E-state index is 0.283. The molecule has 0 spiro atoms. The van der Waals surface area contributed by atoms with Crippen LogP contribution in [-0.2, 0) is 4.74 Å². The molecule has 0 aliphatic heterocycles. The molecule has 0 fully saturated rings. The smallest absolute Gasteiger partial charge is 0.148 e. The highest BCUT2D eigenvalue weighted by Crippen LogP contribution is 2.31. The second kappa shape index (κ2) is 7.25. The highest BCUT2D eigenvalue weighted by molar-refractivity contribution is 5.60. The van der Waals surface area contributed by atoms with Gasteiger partial charge in [-0.2, -0.15) is 0 Å². The number of nitrogens with one attached hydrogen (secondary N) is 1. The minimum absolute atomic E-state index is 0.283. The van der Waals surface area contributed by atoms with E-state index in [1.54, 1.807) is 13.4 Å². The summed E-state index contributed by atoms with van der Waals surface area (Å²) in [5.41, 5.74) is 3.70. The van der Waals surface area contributed by atoms with Crippen LogP contribution >= 0.6 is 0 Å². The molecule has 0 saturated heterocycles. The van der Waals surface area contributed by atoms with Crippen molar-refractivity contribution in [1.82, 2.24) is 9.97 Å². The van der Waals surface area contributed by atoms with Crippen molar-refractivity contribution in [3.05, 3.63) is 11.9 Å². The Balaban J connectivity index is 3.21. The molecule has 0 radical (unpaired) electrons. The molecule has 0 saturated carbocycles. The topological polar surface area (TPSA) is 76.3 Å². The number of ether oxygens (including phenoxy) is 1. The van der Waals surface area contributed by atoms with E-state index in [2.05, 4.69) is 48.0 Å². The van der Waals surface area contributed by atoms with Crippen molar-refractivity contribution in [1.29, 1.82) is 0 Å². The summed E-state index contributed by atoms with van der Waals surface area (Å²) in [6.07, 6.45) is 1.54. The van der Waals surface area contributed by atoms with Gasteiger partial charge in [0, 0.05) is 25.3 Å². The summed E-state index contributed by atoms with van der Waals surface area (Å²) in [6, 6.07) is 0.327. The molecule has 6 nitrogen and oxygen atoms in total. The Kier molecular flexibility index (Phi) is 5.98. The maximum absolute atomic E-state index is 5.55. The zero-order valence-electron chi connectivity index (χ0n) is 12.5. The van der Waals surface area contributed by atoms with E-state index in [0.29, 0.717) is 18.5 Å². The van der Waals surface area contributed by atoms with Crippen molar-refractivity contribution in [2.24, 2.45) is 5.84 Å². The van der Waals surface area contributed by atoms with E-state index in [4.69, 9.17) is 10.6 Å². The van der Waals surface area contributed by atoms with Gasteiger partial charge in [0.05, 0.1) is 6.61 Å². The Labute approximate surface area is 115 Å². The average molecular weight is 267 g/mol. The van der Waals surface area contributed by atoms with Crippen LogP contribution in [0.3, 0.4) is 0 Å². The number of anilines is 2. The fourth-order valence-corrected chi connectivity index (χ4v) is 2.06. The van der Waals surface area contributed by atoms with Gasteiger partial charge < -0.3 is 15.1 Å². The van der Waals surface area contributed by atoms with E-state index in [0.717, 1.165) is 17.9 Å². The molecule has 1 aromatic rings. The number of methoxy groups -OCH3 is 1. The lowest BCUT2D eigenvalue weighted by Crippen LogP contribution is -2.35. The summed E-state index contributed by atoms with van der Waals surface area (Å²) >= 11 is 0. The summed E-state index contributed by atoms with van der Waals surface area (Å²) in [7, 11) is 1.70. The van der Waals surface area contributed by atoms with Crippen LogP contribution in [0, 0.1) is 0 Å². The van der Waals surface area contributed by atoms with Gasteiger partial charge in [0.25, 0.3) is 0 Å². The van der Waals surface area contributed by atoms with Crippen LogP contribution < -0.4 is 16.2 Å². The summed E-state index contributed by atoms with van der Waals surface area (Å²) in [4.78, 5) is 10.9. The van der Waals surface area contributed by atoms with Gasteiger partial charge in [-0.25, -0.2) is 15.8 Å². The molecule has 0 unspecified atom stereocenters. The number of nitrogens with zero attached hydrogens (tertiary/aromatic N) is 3. The molecule has 0 aromatic carbocycles. The minimum Gasteiger partial charge on any atom is -0.383 e. The lowest BCUT2D eigenvalue weighted by atomic mass is 10.0. The SMILES string of the molecule is COCCN(c1ncnc(NN)c1C(C)C)C(C)C. The van der Waals surface area contributed by atoms with Crippen LogP contribution in [0.1, 0.15) is 39.2 Å². The zero-order valence-corrected chi connectivity index (χ0v) is 12.5. The highest BCUT2D eigenvalue weighted by atomic mass is 16.5. The van der Waals surface area contributed by atoms with E-state index in [-0.39, 0.29) is 5.92 Å². The monoisotopic (exact) mass is 267 g/mol. The van der Waals surface area contributed by atoms with Crippen LogP contribution in [0.15, 0.2) is 6.33 Å². The van der Waals surface area contributed by atoms with Crippen LogP contribution in [0.4, 0.5) is 11.6 Å². The first kappa shape index (κ1) is 15.7. The third-order valence-corrected chi connectivity index (χ3v) is 3.01.